The van der Waals surface area contributed by atoms with Gasteiger partial charge in [-0.15, -0.1) is 0 Å². The molecule has 0 aliphatic carbocycles. The van der Waals surface area contributed by atoms with Crippen LogP contribution in [0.1, 0.15) is 40.1 Å². The van der Waals surface area contributed by atoms with E-state index in [-0.39, 0.29) is 21.7 Å². The normalized spacial score (nSPS) is 11.4. The van der Waals surface area contributed by atoms with E-state index in [9.17, 15) is 24.5 Å². The number of esters is 1. The lowest BCUT2D eigenvalue weighted by Gasteiger charge is -2.14. The molecule has 146 valence electrons. The summed E-state index contributed by atoms with van der Waals surface area (Å²) in [5.74, 6) is -1.93. The number of likely N-dealkylation sites (N-methyl/N-ethyl adjacent to an activating group) is 1. The zero-order chi connectivity index (χ0) is 20.8. The molecule has 0 spiro atoms. The van der Waals surface area contributed by atoms with Crippen molar-refractivity contribution in [3.8, 4) is 0 Å². The molecule has 0 aliphatic heterocycles. The molecule has 0 unspecified atom stereocenters. The molecule has 1 atom stereocenters. The van der Waals surface area contributed by atoms with Gasteiger partial charge in [0.1, 0.15) is 5.02 Å². The summed E-state index contributed by atoms with van der Waals surface area (Å²) in [6.45, 7) is 3.52. The van der Waals surface area contributed by atoms with Crippen molar-refractivity contribution in [1.82, 2.24) is 5.32 Å². The van der Waals surface area contributed by atoms with Crippen molar-refractivity contribution >= 4 is 34.9 Å². The summed E-state index contributed by atoms with van der Waals surface area (Å²) in [6.07, 6.45) is -1.05. The van der Waals surface area contributed by atoms with Crippen LogP contribution in [0.15, 0.2) is 42.5 Å². The Balaban J connectivity index is 2.34. The Morgan fingerprint density at radius 1 is 1.18 bits per heavy atom. The van der Waals surface area contributed by atoms with Gasteiger partial charge in [0, 0.05) is 23.7 Å². The molecule has 1 N–H and O–H groups in total. The summed E-state index contributed by atoms with van der Waals surface area (Å²) in [4.78, 5) is 47.4. The third-order valence-corrected chi connectivity index (χ3v) is 4.12. The Hall–Kier alpha value is -3.26. The van der Waals surface area contributed by atoms with Crippen molar-refractivity contribution < 1.29 is 24.0 Å². The maximum Gasteiger partial charge on any atom is 0.339 e. The second-order valence-electron chi connectivity index (χ2n) is 5.74. The second-order valence-corrected chi connectivity index (χ2v) is 6.15. The fourth-order valence-electron chi connectivity index (χ4n) is 2.40. The lowest BCUT2D eigenvalue weighted by atomic mass is 9.98. The lowest BCUT2D eigenvalue weighted by Crippen LogP contribution is -2.35. The number of ketones is 1. The number of ether oxygens (including phenoxy) is 1. The molecule has 0 aliphatic rings. The number of carbonyl (C=O) groups is 3. The van der Waals surface area contributed by atoms with Gasteiger partial charge in [-0.3, -0.25) is 19.7 Å². The third kappa shape index (κ3) is 4.72. The summed E-state index contributed by atoms with van der Waals surface area (Å²) in [5, 5.41) is 13.5. The molecule has 0 heterocycles. The van der Waals surface area contributed by atoms with E-state index in [0.717, 1.165) is 6.07 Å². The number of hydrogen-bond donors (Lipinski definition) is 1. The van der Waals surface area contributed by atoms with Gasteiger partial charge >= 0.3 is 5.97 Å². The predicted molar refractivity (Wildman–Crippen MR) is 102 cm³/mol. The topological polar surface area (TPSA) is 116 Å². The molecule has 0 bridgehead atoms. The van der Waals surface area contributed by atoms with E-state index in [4.69, 9.17) is 16.3 Å². The maximum atomic E-state index is 12.8. The summed E-state index contributed by atoms with van der Waals surface area (Å²) in [5.41, 5.74) is -0.487. The van der Waals surface area contributed by atoms with E-state index in [0.29, 0.717) is 6.54 Å². The van der Waals surface area contributed by atoms with Gasteiger partial charge in [0.25, 0.3) is 11.6 Å². The van der Waals surface area contributed by atoms with Crippen LogP contribution < -0.4 is 5.32 Å². The average Bonchev–Trinajstić information content (AvgIpc) is 2.67. The van der Waals surface area contributed by atoms with E-state index in [1.807, 2.05) is 0 Å². The van der Waals surface area contributed by atoms with Gasteiger partial charge in [0.15, 0.2) is 11.9 Å². The predicted octanol–water partition coefficient (Wildman–Crippen LogP) is 3.16. The zero-order valence-electron chi connectivity index (χ0n) is 15.1. The van der Waals surface area contributed by atoms with Crippen LogP contribution >= 0.6 is 11.6 Å². The minimum absolute atomic E-state index is 0.00637. The second kappa shape index (κ2) is 9.09. The Morgan fingerprint density at radius 3 is 2.43 bits per heavy atom. The number of rotatable bonds is 7. The number of nitrogens with zero attached hydrogens (tertiary/aromatic N) is 1. The molecular weight excluding hydrogens is 388 g/mol. The Morgan fingerprint density at radius 2 is 1.82 bits per heavy atom. The minimum Gasteiger partial charge on any atom is -0.449 e. The van der Waals surface area contributed by atoms with E-state index in [2.05, 4.69) is 5.32 Å². The Labute approximate surface area is 165 Å². The van der Waals surface area contributed by atoms with Crippen LogP contribution in [0.3, 0.4) is 0 Å². The van der Waals surface area contributed by atoms with Gasteiger partial charge in [-0.25, -0.2) is 4.79 Å². The van der Waals surface area contributed by atoms with Crippen LogP contribution in [0.5, 0.6) is 0 Å². The number of carbonyl (C=O) groups excluding carboxylic acids is 3. The summed E-state index contributed by atoms with van der Waals surface area (Å²) in [7, 11) is 0. The zero-order valence-corrected chi connectivity index (χ0v) is 15.9. The van der Waals surface area contributed by atoms with Crippen LogP contribution in [0, 0.1) is 10.1 Å². The van der Waals surface area contributed by atoms with Gasteiger partial charge in [-0.2, -0.15) is 0 Å². The summed E-state index contributed by atoms with van der Waals surface area (Å²) < 4.78 is 5.13. The fraction of sp³-hybridized carbons (Fsp3) is 0.211. The van der Waals surface area contributed by atoms with Crippen molar-refractivity contribution in [2.24, 2.45) is 0 Å². The maximum absolute atomic E-state index is 12.8. The number of benzene rings is 2. The lowest BCUT2D eigenvalue weighted by molar-refractivity contribution is -0.384. The smallest absolute Gasteiger partial charge is 0.339 e. The molecule has 2 aromatic rings. The monoisotopic (exact) mass is 404 g/mol. The number of nitro groups is 1. The molecule has 9 heteroatoms. The van der Waals surface area contributed by atoms with Crippen molar-refractivity contribution in [3.63, 3.8) is 0 Å². The van der Waals surface area contributed by atoms with E-state index in [1.165, 1.54) is 37.3 Å². The molecule has 0 aromatic heterocycles. The van der Waals surface area contributed by atoms with E-state index < -0.39 is 34.4 Å². The van der Waals surface area contributed by atoms with Crippen molar-refractivity contribution in [2.75, 3.05) is 6.54 Å². The van der Waals surface area contributed by atoms with E-state index >= 15 is 0 Å². The third-order valence-electron chi connectivity index (χ3n) is 3.80. The quantitative estimate of drug-likeness (QED) is 0.328. The number of nitro benzene ring substituents is 1. The van der Waals surface area contributed by atoms with Gasteiger partial charge in [-0.1, -0.05) is 29.8 Å². The molecule has 0 saturated heterocycles. The first-order valence-corrected chi connectivity index (χ1v) is 8.70. The molecule has 0 radical (unpaired) electrons. The van der Waals surface area contributed by atoms with Crippen LogP contribution in [-0.4, -0.2) is 35.2 Å². The largest absolute Gasteiger partial charge is 0.449 e. The molecular formula is C19H17ClN2O6. The van der Waals surface area contributed by atoms with E-state index in [1.54, 1.807) is 13.0 Å². The molecule has 0 fully saturated rings. The van der Waals surface area contributed by atoms with Gasteiger partial charge in [-0.05, 0) is 32.0 Å². The van der Waals surface area contributed by atoms with Crippen molar-refractivity contribution in [2.45, 2.75) is 20.0 Å². The molecule has 28 heavy (non-hydrogen) atoms. The molecule has 2 aromatic carbocycles. The SMILES string of the molecule is CCNC(=O)[C@@H](C)OC(=O)c1ccccc1C(=O)c1ccc(Cl)c([N+](=O)[O-])c1. The first-order valence-electron chi connectivity index (χ1n) is 8.32. The number of halogens is 1. The van der Waals surface area contributed by atoms with Crippen molar-refractivity contribution in [3.05, 3.63) is 74.3 Å². The highest BCUT2D eigenvalue weighted by atomic mass is 35.5. The summed E-state index contributed by atoms with van der Waals surface area (Å²) >= 11 is 5.77. The highest BCUT2D eigenvalue weighted by Gasteiger charge is 2.24. The molecule has 0 saturated carbocycles. The fourth-order valence-corrected chi connectivity index (χ4v) is 2.59. The van der Waals surface area contributed by atoms with Gasteiger partial charge < -0.3 is 10.1 Å². The summed E-state index contributed by atoms with van der Waals surface area (Å²) in [6, 6.07) is 9.47. The minimum atomic E-state index is -1.05. The highest BCUT2D eigenvalue weighted by Crippen LogP contribution is 2.27. The number of amides is 1. The van der Waals surface area contributed by atoms with Crippen LogP contribution in [0.2, 0.25) is 5.02 Å². The molecule has 1 amide bonds. The van der Waals surface area contributed by atoms with Crippen LogP contribution in [-0.2, 0) is 9.53 Å². The van der Waals surface area contributed by atoms with Crippen LogP contribution in [0.4, 0.5) is 5.69 Å². The Bertz CT molecular complexity index is 944. The first kappa shape index (κ1) is 21.0. The number of nitrogens with one attached hydrogen (secondary N) is 1. The highest BCUT2D eigenvalue weighted by molar-refractivity contribution is 6.33. The van der Waals surface area contributed by atoms with Gasteiger partial charge in [0.2, 0.25) is 0 Å². The van der Waals surface area contributed by atoms with Crippen LogP contribution in [0.25, 0.3) is 0 Å². The molecule has 2 rings (SSSR count). The van der Waals surface area contributed by atoms with Crippen molar-refractivity contribution in [1.29, 1.82) is 0 Å². The standard InChI is InChI=1S/C19H17ClN2O6/c1-3-21-18(24)11(2)28-19(25)14-7-5-4-6-13(14)17(23)12-8-9-15(20)16(10-12)22(26)27/h4-11H,3H2,1-2H3,(H,21,24)/t11-/m1/s1. The Kier molecular flexibility index (Phi) is 6.84. The van der Waals surface area contributed by atoms with Gasteiger partial charge in [0.05, 0.1) is 10.5 Å². The number of hydrogen-bond acceptors (Lipinski definition) is 6. The average molecular weight is 405 g/mol. The molecule has 8 nitrogen and oxygen atoms in total. The first-order chi connectivity index (χ1) is 13.3.